The summed E-state index contributed by atoms with van der Waals surface area (Å²) >= 11 is 0. The molecule has 1 spiro atoms. The molecule has 2 saturated heterocycles. The largest absolute Gasteiger partial charge is 0.480 e. The summed E-state index contributed by atoms with van der Waals surface area (Å²) in [7, 11) is 0. The van der Waals surface area contributed by atoms with Crippen molar-refractivity contribution in [3.05, 3.63) is 0 Å². The molecule has 0 saturated carbocycles. The molecule has 1 atom stereocenters. The molecule has 0 amide bonds. The van der Waals surface area contributed by atoms with Gasteiger partial charge in [-0.2, -0.15) is 0 Å². The van der Waals surface area contributed by atoms with Crippen LogP contribution in [0.5, 0.6) is 0 Å². The van der Waals surface area contributed by atoms with Gasteiger partial charge < -0.3 is 14.9 Å². The van der Waals surface area contributed by atoms with Crippen LogP contribution in [0.3, 0.4) is 0 Å². The molecule has 0 aromatic heterocycles. The summed E-state index contributed by atoms with van der Waals surface area (Å²) in [6.07, 6.45) is 2.82. The molecule has 2 fully saturated rings. The third kappa shape index (κ3) is 2.36. The minimum Gasteiger partial charge on any atom is -0.480 e. The SMILES string of the molecule is O=C(O)CN1CCC2(CC1)OCCC[C@@H]2O. The molecule has 0 aliphatic carbocycles. The van der Waals surface area contributed by atoms with E-state index in [0.717, 1.165) is 32.3 Å². The first kappa shape index (κ1) is 11.8. The number of rotatable bonds is 2. The molecule has 2 aliphatic heterocycles. The Hall–Kier alpha value is -0.650. The van der Waals surface area contributed by atoms with E-state index < -0.39 is 11.6 Å². The molecular weight excluding hydrogens is 210 g/mol. The van der Waals surface area contributed by atoms with Crippen molar-refractivity contribution in [2.24, 2.45) is 0 Å². The van der Waals surface area contributed by atoms with Crippen LogP contribution in [-0.4, -0.2) is 59.0 Å². The minimum absolute atomic E-state index is 0.0895. The van der Waals surface area contributed by atoms with Crippen LogP contribution < -0.4 is 0 Å². The number of carboxylic acid groups (broad SMARTS) is 1. The molecular formula is C11H19NO4. The molecule has 0 aromatic rings. The van der Waals surface area contributed by atoms with Gasteiger partial charge in [0, 0.05) is 19.7 Å². The second kappa shape index (κ2) is 4.69. The van der Waals surface area contributed by atoms with Crippen molar-refractivity contribution in [1.82, 2.24) is 4.90 Å². The molecule has 2 heterocycles. The lowest BCUT2D eigenvalue weighted by Gasteiger charge is -2.46. The monoisotopic (exact) mass is 229 g/mol. The number of aliphatic carboxylic acids is 1. The van der Waals surface area contributed by atoms with Gasteiger partial charge in [-0.1, -0.05) is 0 Å². The highest BCUT2D eigenvalue weighted by Gasteiger charge is 2.43. The molecule has 2 rings (SSSR count). The fraction of sp³-hybridized carbons (Fsp3) is 0.909. The van der Waals surface area contributed by atoms with Gasteiger partial charge in [0.1, 0.15) is 0 Å². The molecule has 2 aliphatic rings. The number of carboxylic acids is 1. The van der Waals surface area contributed by atoms with Crippen LogP contribution in [0.4, 0.5) is 0 Å². The highest BCUT2D eigenvalue weighted by atomic mass is 16.5. The summed E-state index contributed by atoms with van der Waals surface area (Å²) < 4.78 is 5.75. The number of piperidine rings is 1. The summed E-state index contributed by atoms with van der Waals surface area (Å²) in [6.45, 7) is 2.20. The lowest BCUT2D eigenvalue weighted by molar-refractivity contribution is -0.178. The van der Waals surface area contributed by atoms with Gasteiger partial charge in [-0.25, -0.2) is 0 Å². The van der Waals surface area contributed by atoms with Crippen LogP contribution in [0, 0.1) is 0 Å². The molecule has 92 valence electrons. The molecule has 0 unspecified atom stereocenters. The third-order valence-electron chi connectivity index (χ3n) is 3.68. The maximum absolute atomic E-state index is 10.6. The van der Waals surface area contributed by atoms with Crippen molar-refractivity contribution < 1.29 is 19.7 Å². The maximum atomic E-state index is 10.6. The van der Waals surface area contributed by atoms with Crippen molar-refractivity contribution in [2.75, 3.05) is 26.2 Å². The summed E-state index contributed by atoms with van der Waals surface area (Å²) in [5.41, 5.74) is -0.396. The van der Waals surface area contributed by atoms with Crippen LogP contribution in [0.25, 0.3) is 0 Å². The number of carbonyl (C=O) groups is 1. The van der Waals surface area contributed by atoms with Crippen molar-refractivity contribution in [1.29, 1.82) is 0 Å². The Morgan fingerprint density at radius 1 is 1.44 bits per heavy atom. The first-order valence-electron chi connectivity index (χ1n) is 5.88. The van der Waals surface area contributed by atoms with Crippen molar-refractivity contribution in [3.8, 4) is 0 Å². The van der Waals surface area contributed by atoms with E-state index in [9.17, 15) is 9.90 Å². The second-order valence-corrected chi connectivity index (χ2v) is 4.74. The van der Waals surface area contributed by atoms with Crippen molar-refractivity contribution >= 4 is 5.97 Å². The van der Waals surface area contributed by atoms with E-state index in [1.54, 1.807) is 0 Å². The number of hydrogen-bond donors (Lipinski definition) is 2. The maximum Gasteiger partial charge on any atom is 0.317 e. The fourth-order valence-electron chi connectivity index (χ4n) is 2.67. The average molecular weight is 229 g/mol. The Morgan fingerprint density at radius 3 is 2.69 bits per heavy atom. The van der Waals surface area contributed by atoms with Crippen LogP contribution in [0.1, 0.15) is 25.7 Å². The first-order valence-corrected chi connectivity index (χ1v) is 5.88. The molecule has 2 N–H and O–H groups in total. The van der Waals surface area contributed by atoms with Crippen LogP contribution in [-0.2, 0) is 9.53 Å². The number of hydrogen-bond acceptors (Lipinski definition) is 4. The number of aliphatic hydroxyl groups is 1. The Bertz CT molecular complexity index is 261. The van der Waals surface area contributed by atoms with Gasteiger partial charge in [-0.3, -0.25) is 9.69 Å². The summed E-state index contributed by atoms with van der Waals surface area (Å²) in [4.78, 5) is 12.5. The van der Waals surface area contributed by atoms with Gasteiger partial charge in [-0.15, -0.1) is 0 Å². The Kier molecular flexibility index (Phi) is 3.47. The molecule has 0 aromatic carbocycles. The molecule has 5 heteroatoms. The minimum atomic E-state index is -0.791. The Labute approximate surface area is 95.0 Å². The van der Waals surface area contributed by atoms with Crippen LogP contribution in [0.2, 0.25) is 0 Å². The topological polar surface area (TPSA) is 70.0 Å². The molecule has 0 bridgehead atoms. The van der Waals surface area contributed by atoms with Gasteiger partial charge in [-0.05, 0) is 25.7 Å². The number of nitrogens with zero attached hydrogens (tertiary/aromatic N) is 1. The summed E-state index contributed by atoms with van der Waals surface area (Å²) in [6, 6.07) is 0. The van der Waals surface area contributed by atoms with Gasteiger partial charge in [0.15, 0.2) is 0 Å². The van der Waals surface area contributed by atoms with E-state index in [2.05, 4.69) is 0 Å². The van der Waals surface area contributed by atoms with E-state index in [-0.39, 0.29) is 12.6 Å². The van der Waals surface area contributed by atoms with Crippen LogP contribution in [0.15, 0.2) is 0 Å². The van der Waals surface area contributed by atoms with Crippen molar-refractivity contribution in [2.45, 2.75) is 37.4 Å². The number of aliphatic hydroxyl groups excluding tert-OH is 1. The predicted octanol–water partition coefficient (Wildman–Crippen LogP) is 0.0769. The lowest BCUT2D eigenvalue weighted by atomic mass is 9.82. The zero-order chi connectivity index (χ0) is 11.6. The van der Waals surface area contributed by atoms with E-state index in [1.165, 1.54) is 0 Å². The van der Waals surface area contributed by atoms with E-state index in [0.29, 0.717) is 13.1 Å². The van der Waals surface area contributed by atoms with Crippen LogP contribution >= 0.6 is 0 Å². The molecule has 0 radical (unpaired) electrons. The fourth-order valence-corrected chi connectivity index (χ4v) is 2.67. The lowest BCUT2D eigenvalue weighted by Crippen LogP contribution is -2.55. The van der Waals surface area contributed by atoms with Gasteiger partial charge in [0.05, 0.1) is 18.2 Å². The summed E-state index contributed by atoms with van der Waals surface area (Å²) in [5, 5.41) is 18.7. The smallest absolute Gasteiger partial charge is 0.317 e. The number of likely N-dealkylation sites (tertiary alicyclic amines) is 1. The van der Waals surface area contributed by atoms with Gasteiger partial charge in [0.25, 0.3) is 0 Å². The first-order chi connectivity index (χ1) is 7.62. The molecule has 16 heavy (non-hydrogen) atoms. The zero-order valence-electron chi connectivity index (χ0n) is 9.39. The zero-order valence-corrected chi connectivity index (χ0v) is 9.39. The second-order valence-electron chi connectivity index (χ2n) is 4.74. The van der Waals surface area contributed by atoms with Crippen molar-refractivity contribution in [3.63, 3.8) is 0 Å². The molecule has 5 nitrogen and oxygen atoms in total. The quantitative estimate of drug-likeness (QED) is 0.701. The highest BCUT2D eigenvalue weighted by Crippen LogP contribution is 2.34. The third-order valence-corrected chi connectivity index (χ3v) is 3.68. The predicted molar refractivity (Wildman–Crippen MR) is 57.2 cm³/mol. The Balaban J connectivity index is 1.90. The van der Waals surface area contributed by atoms with Gasteiger partial charge in [0.2, 0.25) is 0 Å². The van der Waals surface area contributed by atoms with E-state index in [4.69, 9.17) is 9.84 Å². The number of ether oxygens (including phenoxy) is 1. The van der Waals surface area contributed by atoms with E-state index in [1.807, 2.05) is 4.90 Å². The summed E-state index contributed by atoms with van der Waals surface area (Å²) in [5.74, 6) is -0.791. The highest BCUT2D eigenvalue weighted by molar-refractivity contribution is 5.69. The van der Waals surface area contributed by atoms with Gasteiger partial charge >= 0.3 is 5.97 Å². The van der Waals surface area contributed by atoms with E-state index >= 15 is 0 Å². The standard InChI is InChI=1S/C11H19NO4/c13-9-2-1-7-16-11(9)3-5-12(6-4-11)8-10(14)15/h9,13H,1-8H2,(H,14,15)/t9-/m0/s1. The normalized spacial score (nSPS) is 30.4. The average Bonchev–Trinajstić information content (AvgIpc) is 2.25. The Morgan fingerprint density at radius 2 is 2.12 bits per heavy atom.